The van der Waals surface area contributed by atoms with Crippen molar-refractivity contribution in [2.45, 2.75) is 209 Å². The van der Waals surface area contributed by atoms with Crippen molar-refractivity contribution in [3.63, 3.8) is 0 Å². The average molecular weight is 920 g/mol. The molecule has 0 saturated heterocycles. The van der Waals surface area contributed by atoms with E-state index in [1.807, 2.05) is 21.1 Å². The molecule has 4 atom stereocenters. The van der Waals surface area contributed by atoms with Crippen molar-refractivity contribution >= 4 is 51.6 Å². The third-order valence-corrected chi connectivity index (χ3v) is 13.6. The number of phosphoric acid groups is 1. The predicted molar refractivity (Wildman–Crippen MR) is 229 cm³/mol. The zero-order valence-corrected chi connectivity index (χ0v) is 39.3. The van der Waals surface area contributed by atoms with Crippen molar-refractivity contribution < 1.29 is 42.1 Å². The summed E-state index contributed by atoms with van der Waals surface area (Å²) in [6, 6.07) is 0. The number of rotatable bonds is 40. The summed E-state index contributed by atoms with van der Waals surface area (Å²) in [5, 5.41) is 0. The third-order valence-electron chi connectivity index (χ3n) is 9.73. The number of carbonyl (C=O) groups excluding carboxylic acids is 2. The van der Waals surface area contributed by atoms with Gasteiger partial charge in [0.15, 0.2) is 6.10 Å². The Hall–Kier alpha value is -0.0300. The van der Waals surface area contributed by atoms with Gasteiger partial charge in [-0.05, 0) is 25.7 Å². The van der Waals surface area contributed by atoms with Crippen molar-refractivity contribution in [3.8, 4) is 0 Å². The number of phosphoric ester groups is 1. The number of hydrogen-bond acceptors (Lipinski definition) is 8. The quantitative estimate of drug-likeness (QED) is 0.0196. The number of alkyl halides is 2. The summed E-state index contributed by atoms with van der Waals surface area (Å²) in [7, 11) is 1.16. The van der Waals surface area contributed by atoms with Gasteiger partial charge in [0.05, 0.1) is 27.7 Å². The van der Waals surface area contributed by atoms with E-state index in [1.165, 1.54) is 122 Å². The minimum absolute atomic E-state index is 0.0314. The monoisotopic (exact) mass is 917 g/mol. The zero-order chi connectivity index (χ0) is 40.3. The third kappa shape index (κ3) is 37.5. The number of halogens is 2. The largest absolute Gasteiger partial charge is 0.756 e. The van der Waals surface area contributed by atoms with Crippen LogP contribution in [0.2, 0.25) is 0 Å². The molecule has 0 rings (SSSR count). The molecule has 12 heteroatoms. The smallest absolute Gasteiger partial charge is 0.306 e. The van der Waals surface area contributed by atoms with Crippen LogP contribution in [0.4, 0.5) is 0 Å². The summed E-state index contributed by atoms with van der Waals surface area (Å²) < 4.78 is 33.9. The van der Waals surface area contributed by atoms with E-state index >= 15 is 0 Å². The van der Waals surface area contributed by atoms with E-state index in [2.05, 4.69) is 45.7 Å². The van der Waals surface area contributed by atoms with Crippen LogP contribution in [0.5, 0.6) is 0 Å². The molecule has 0 aromatic rings. The highest BCUT2D eigenvalue weighted by Gasteiger charge is 2.22. The summed E-state index contributed by atoms with van der Waals surface area (Å²) >= 11 is 7.73. The Morgan fingerprint density at radius 1 is 0.574 bits per heavy atom. The van der Waals surface area contributed by atoms with Crippen molar-refractivity contribution in [3.05, 3.63) is 0 Å². The van der Waals surface area contributed by atoms with Gasteiger partial charge in [0, 0.05) is 22.5 Å². The first-order chi connectivity index (χ1) is 25.8. The maximum Gasteiger partial charge on any atom is 0.306 e. The molecule has 0 saturated carbocycles. The van der Waals surface area contributed by atoms with Crippen LogP contribution in [-0.4, -0.2) is 79.7 Å². The van der Waals surface area contributed by atoms with Crippen LogP contribution in [-0.2, 0) is 32.7 Å². The molecule has 0 radical (unpaired) electrons. The highest BCUT2D eigenvalue weighted by atomic mass is 79.9. The van der Waals surface area contributed by atoms with Crippen molar-refractivity contribution in [2.75, 3.05) is 47.5 Å². The molecule has 54 heavy (non-hydrogen) atoms. The van der Waals surface area contributed by atoms with Gasteiger partial charge in [-0.1, -0.05) is 187 Å². The molecular formula is C42H82Br2NO8P. The minimum atomic E-state index is -4.62. The second kappa shape index (κ2) is 36.1. The van der Waals surface area contributed by atoms with Gasteiger partial charge >= 0.3 is 11.9 Å². The van der Waals surface area contributed by atoms with Gasteiger partial charge in [0.1, 0.15) is 19.8 Å². The number of carbonyl (C=O) groups is 2. The second-order valence-corrected chi connectivity index (χ2v) is 20.0. The number of nitrogens with zero attached hydrogens (tertiary/aromatic N) is 1. The van der Waals surface area contributed by atoms with E-state index in [-0.39, 0.29) is 32.0 Å². The molecule has 0 aromatic heterocycles. The SMILES string of the molecule is CCCCCCCCCCCCCCCC(=O)OCC(COP(=O)([O-])OCC[N+](C)(C)C)OC(=O)CCCCCCCCCC(Br)C(Br)CCCCCC. The molecule has 0 heterocycles. The number of quaternary nitrogens is 1. The lowest BCUT2D eigenvalue weighted by atomic mass is 10.0. The van der Waals surface area contributed by atoms with Gasteiger partial charge in [-0.2, -0.15) is 0 Å². The Bertz CT molecular complexity index is 938. The fraction of sp³-hybridized carbons (Fsp3) is 0.952. The zero-order valence-electron chi connectivity index (χ0n) is 35.3. The van der Waals surface area contributed by atoms with E-state index < -0.39 is 26.5 Å². The van der Waals surface area contributed by atoms with Gasteiger partial charge < -0.3 is 27.9 Å². The summed E-state index contributed by atoms with van der Waals surface area (Å²) in [6.07, 6.45) is 30.3. The standard InChI is InChI=1S/C42H82Br2NO8P/c1-6-8-10-12-13-14-15-16-17-18-21-24-28-32-41(46)50-36-38(37-52-54(48,49)51-35-34-45(3,4)5)53-42(47)33-29-25-22-19-20-23-27-31-40(44)39(43)30-26-11-9-7-2/h38-40H,6-37H2,1-5H3. The predicted octanol–water partition coefficient (Wildman–Crippen LogP) is 12.1. The first kappa shape index (κ1) is 54.0. The molecular weight excluding hydrogens is 837 g/mol. The van der Waals surface area contributed by atoms with Crippen LogP contribution in [0, 0.1) is 0 Å². The van der Waals surface area contributed by atoms with E-state index in [9.17, 15) is 19.0 Å². The molecule has 0 N–H and O–H groups in total. The molecule has 9 nitrogen and oxygen atoms in total. The number of esters is 2. The molecule has 0 bridgehead atoms. The number of hydrogen-bond donors (Lipinski definition) is 0. The number of ether oxygens (including phenoxy) is 2. The van der Waals surface area contributed by atoms with Crippen molar-refractivity contribution in [1.82, 2.24) is 0 Å². The van der Waals surface area contributed by atoms with E-state index in [4.69, 9.17) is 18.5 Å². The van der Waals surface area contributed by atoms with Gasteiger partial charge in [-0.15, -0.1) is 0 Å². The van der Waals surface area contributed by atoms with Crippen LogP contribution in [0.15, 0.2) is 0 Å². The molecule has 0 spiro atoms. The molecule has 322 valence electrons. The van der Waals surface area contributed by atoms with Gasteiger partial charge in [0.25, 0.3) is 7.82 Å². The van der Waals surface area contributed by atoms with Crippen molar-refractivity contribution in [1.29, 1.82) is 0 Å². The Balaban J connectivity index is 4.42. The van der Waals surface area contributed by atoms with Gasteiger partial charge in [-0.25, -0.2) is 0 Å². The molecule has 0 aliphatic carbocycles. The molecule has 0 amide bonds. The highest BCUT2D eigenvalue weighted by Crippen LogP contribution is 2.38. The number of unbranched alkanes of at least 4 members (excludes halogenated alkanes) is 21. The van der Waals surface area contributed by atoms with Crippen molar-refractivity contribution in [2.24, 2.45) is 0 Å². The van der Waals surface area contributed by atoms with Crippen LogP contribution in [0.3, 0.4) is 0 Å². The lowest BCUT2D eigenvalue weighted by molar-refractivity contribution is -0.870. The van der Waals surface area contributed by atoms with E-state index in [0.717, 1.165) is 38.5 Å². The summed E-state index contributed by atoms with van der Waals surface area (Å²) in [5.41, 5.74) is 0. The fourth-order valence-electron chi connectivity index (χ4n) is 6.16. The Labute approximate surface area is 349 Å². The lowest BCUT2D eigenvalue weighted by Gasteiger charge is -2.28. The molecule has 4 unspecified atom stereocenters. The second-order valence-electron chi connectivity index (χ2n) is 16.3. The Morgan fingerprint density at radius 3 is 1.41 bits per heavy atom. The summed E-state index contributed by atoms with van der Waals surface area (Å²) in [4.78, 5) is 38.6. The van der Waals surface area contributed by atoms with Gasteiger partial charge in [0.2, 0.25) is 0 Å². The van der Waals surface area contributed by atoms with E-state index in [1.54, 1.807) is 0 Å². The molecule has 0 aliphatic heterocycles. The molecule has 0 fully saturated rings. The minimum Gasteiger partial charge on any atom is -0.756 e. The van der Waals surface area contributed by atoms with E-state index in [0.29, 0.717) is 27.1 Å². The lowest BCUT2D eigenvalue weighted by Crippen LogP contribution is -2.37. The fourth-order valence-corrected chi connectivity index (χ4v) is 8.07. The normalized spacial score (nSPS) is 14.7. The maximum absolute atomic E-state index is 12.7. The Kier molecular flexibility index (Phi) is 36.1. The molecule has 0 aromatic carbocycles. The van der Waals surface area contributed by atoms with Gasteiger partial charge in [-0.3, -0.25) is 14.2 Å². The first-order valence-electron chi connectivity index (χ1n) is 21.8. The average Bonchev–Trinajstić information content (AvgIpc) is 3.11. The highest BCUT2D eigenvalue weighted by molar-refractivity contribution is 9.12. The van der Waals surface area contributed by atoms with Crippen LogP contribution in [0.25, 0.3) is 0 Å². The van der Waals surface area contributed by atoms with Crippen LogP contribution < -0.4 is 4.89 Å². The summed E-state index contributed by atoms with van der Waals surface area (Å²) in [6.45, 7) is 4.21. The Morgan fingerprint density at radius 2 is 0.963 bits per heavy atom. The number of likely N-dealkylation sites (N-methyl/N-ethyl adjacent to an activating group) is 1. The summed E-state index contributed by atoms with van der Waals surface area (Å²) in [5.74, 6) is -0.838. The molecule has 0 aliphatic rings. The van der Waals surface area contributed by atoms with Crippen LogP contribution in [0.1, 0.15) is 194 Å². The topological polar surface area (TPSA) is 111 Å². The van der Waals surface area contributed by atoms with Crippen LogP contribution >= 0.6 is 39.7 Å². The first-order valence-corrected chi connectivity index (χ1v) is 25.1. The maximum atomic E-state index is 12.7.